The molecule has 0 radical (unpaired) electrons. The van der Waals surface area contributed by atoms with E-state index in [-0.39, 0.29) is 11.3 Å². The van der Waals surface area contributed by atoms with E-state index in [4.69, 9.17) is 4.42 Å². The average Bonchev–Trinajstić information content (AvgIpc) is 3.08. The van der Waals surface area contributed by atoms with Crippen molar-refractivity contribution in [1.29, 1.82) is 0 Å². The molecule has 0 bridgehead atoms. The number of nitrogens with zero attached hydrogens (tertiary/aromatic N) is 3. The molecule has 2 heterocycles. The minimum atomic E-state index is -0.478. The third-order valence-electron chi connectivity index (χ3n) is 3.94. The molecule has 134 valence electrons. The highest BCUT2D eigenvalue weighted by atomic mass is 16.3. The van der Waals surface area contributed by atoms with Crippen molar-refractivity contribution in [2.75, 3.05) is 0 Å². The summed E-state index contributed by atoms with van der Waals surface area (Å²) >= 11 is 0. The van der Waals surface area contributed by atoms with Crippen LogP contribution in [0.25, 0.3) is 10.8 Å². The predicted molar refractivity (Wildman–Crippen MR) is 99.4 cm³/mol. The number of amides is 1. The second-order valence-corrected chi connectivity index (χ2v) is 5.97. The quantitative estimate of drug-likeness (QED) is 0.565. The zero-order valence-electron chi connectivity index (χ0n) is 14.9. The lowest BCUT2D eigenvalue weighted by Crippen LogP contribution is -2.29. The molecule has 0 fully saturated rings. The first-order valence-electron chi connectivity index (χ1n) is 8.42. The van der Waals surface area contributed by atoms with Gasteiger partial charge in [0, 0.05) is 11.9 Å². The first-order chi connectivity index (χ1) is 12.5. The third kappa shape index (κ3) is 3.42. The molecule has 26 heavy (non-hydrogen) atoms. The maximum Gasteiger partial charge on any atom is 0.292 e. The van der Waals surface area contributed by atoms with E-state index in [1.165, 1.54) is 4.68 Å². The molecular weight excluding hydrogens is 332 g/mol. The average molecular weight is 352 g/mol. The molecule has 3 rings (SSSR count). The van der Waals surface area contributed by atoms with Crippen molar-refractivity contribution < 1.29 is 9.21 Å². The molecule has 0 aliphatic rings. The van der Waals surface area contributed by atoms with Gasteiger partial charge in [-0.25, -0.2) is 10.1 Å². The molecule has 7 nitrogen and oxygen atoms in total. The Morgan fingerprint density at radius 2 is 1.96 bits per heavy atom. The van der Waals surface area contributed by atoms with E-state index in [0.717, 1.165) is 12.2 Å². The van der Waals surface area contributed by atoms with Crippen LogP contribution in [0.15, 0.2) is 50.7 Å². The SMILES string of the molecule is CCCn1nc(C(=O)N/N=C(/C)c2ccc(C)o2)c2ccccc2c1=O. The van der Waals surface area contributed by atoms with Gasteiger partial charge < -0.3 is 4.42 Å². The number of benzene rings is 1. The van der Waals surface area contributed by atoms with Crippen molar-refractivity contribution in [1.82, 2.24) is 15.2 Å². The van der Waals surface area contributed by atoms with Gasteiger partial charge in [0.1, 0.15) is 17.2 Å². The van der Waals surface area contributed by atoms with Gasteiger partial charge in [-0.1, -0.05) is 25.1 Å². The van der Waals surface area contributed by atoms with Crippen molar-refractivity contribution >= 4 is 22.4 Å². The Balaban J connectivity index is 1.97. The summed E-state index contributed by atoms with van der Waals surface area (Å²) in [5.41, 5.74) is 3.00. The van der Waals surface area contributed by atoms with E-state index in [9.17, 15) is 9.59 Å². The standard InChI is InChI=1S/C19H20N4O3/c1-4-11-23-19(25)15-8-6-5-7-14(15)17(22-23)18(24)21-20-13(3)16-10-9-12(2)26-16/h5-10H,4,11H2,1-3H3,(H,21,24)/b20-13-. The smallest absolute Gasteiger partial charge is 0.292 e. The number of rotatable bonds is 5. The topological polar surface area (TPSA) is 89.5 Å². The Morgan fingerprint density at radius 1 is 1.23 bits per heavy atom. The third-order valence-corrected chi connectivity index (χ3v) is 3.94. The molecular formula is C19H20N4O3. The molecule has 0 aliphatic carbocycles. The minimum absolute atomic E-state index is 0.167. The first-order valence-corrected chi connectivity index (χ1v) is 8.42. The van der Waals surface area contributed by atoms with E-state index < -0.39 is 5.91 Å². The highest BCUT2D eigenvalue weighted by molar-refractivity contribution is 6.05. The predicted octanol–water partition coefficient (Wildman–Crippen LogP) is 2.86. The number of hydrogen-bond donors (Lipinski definition) is 1. The molecule has 2 aromatic heterocycles. The van der Waals surface area contributed by atoms with Crippen molar-refractivity contribution in [3.8, 4) is 0 Å². The molecule has 3 aromatic rings. The van der Waals surface area contributed by atoms with Crippen LogP contribution in [0.4, 0.5) is 0 Å². The van der Waals surface area contributed by atoms with Gasteiger partial charge in [-0.2, -0.15) is 10.2 Å². The first kappa shape index (κ1) is 17.6. The number of aromatic nitrogens is 2. The number of hydrazone groups is 1. The molecule has 0 unspecified atom stereocenters. The highest BCUT2D eigenvalue weighted by Gasteiger charge is 2.16. The molecule has 0 saturated heterocycles. The molecule has 0 spiro atoms. The highest BCUT2D eigenvalue weighted by Crippen LogP contribution is 2.13. The Labute approximate surface area is 150 Å². The second kappa shape index (κ2) is 7.35. The molecule has 0 aliphatic heterocycles. The summed E-state index contributed by atoms with van der Waals surface area (Å²) in [7, 11) is 0. The van der Waals surface area contributed by atoms with Crippen LogP contribution in [-0.4, -0.2) is 21.4 Å². The van der Waals surface area contributed by atoms with Crippen LogP contribution in [-0.2, 0) is 6.54 Å². The fraction of sp³-hybridized carbons (Fsp3) is 0.263. The van der Waals surface area contributed by atoms with Gasteiger partial charge in [0.05, 0.1) is 5.39 Å². The van der Waals surface area contributed by atoms with Gasteiger partial charge in [0.15, 0.2) is 5.69 Å². The van der Waals surface area contributed by atoms with Crippen molar-refractivity contribution in [2.24, 2.45) is 5.10 Å². The summed E-state index contributed by atoms with van der Waals surface area (Å²) in [6.45, 7) is 5.96. The number of carbonyl (C=O) groups is 1. The van der Waals surface area contributed by atoms with Gasteiger partial charge >= 0.3 is 0 Å². The summed E-state index contributed by atoms with van der Waals surface area (Å²) < 4.78 is 6.80. The van der Waals surface area contributed by atoms with Crippen LogP contribution in [0.3, 0.4) is 0 Å². The molecule has 1 N–H and O–H groups in total. The lowest BCUT2D eigenvalue weighted by Gasteiger charge is -2.09. The monoisotopic (exact) mass is 352 g/mol. The Bertz CT molecular complexity index is 1050. The zero-order chi connectivity index (χ0) is 18.7. The van der Waals surface area contributed by atoms with Gasteiger partial charge in [-0.05, 0) is 38.5 Å². The fourth-order valence-electron chi connectivity index (χ4n) is 2.64. The summed E-state index contributed by atoms with van der Waals surface area (Å²) in [6, 6.07) is 10.6. The Morgan fingerprint density at radius 3 is 2.62 bits per heavy atom. The van der Waals surface area contributed by atoms with E-state index >= 15 is 0 Å². The summed E-state index contributed by atoms with van der Waals surface area (Å²) in [5, 5.41) is 9.29. The number of carbonyl (C=O) groups excluding carboxylic acids is 1. The van der Waals surface area contributed by atoms with E-state index in [1.807, 2.05) is 19.9 Å². The van der Waals surface area contributed by atoms with E-state index in [2.05, 4.69) is 15.6 Å². The molecule has 1 amide bonds. The van der Waals surface area contributed by atoms with Crippen molar-refractivity contribution in [2.45, 2.75) is 33.7 Å². The van der Waals surface area contributed by atoms with Gasteiger partial charge in [-0.3, -0.25) is 9.59 Å². The van der Waals surface area contributed by atoms with Crippen molar-refractivity contribution in [3.05, 3.63) is 64.0 Å². The van der Waals surface area contributed by atoms with E-state index in [1.54, 1.807) is 37.3 Å². The second-order valence-electron chi connectivity index (χ2n) is 5.97. The Kier molecular flexibility index (Phi) is 4.97. The number of hydrogen-bond acceptors (Lipinski definition) is 5. The largest absolute Gasteiger partial charge is 0.460 e. The van der Waals surface area contributed by atoms with Gasteiger partial charge in [0.25, 0.3) is 11.5 Å². The lowest BCUT2D eigenvalue weighted by atomic mass is 10.1. The van der Waals surface area contributed by atoms with Crippen LogP contribution < -0.4 is 11.0 Å². The maximum absolute atomic E-state index is 12.6. The fourth-order valence-corrected chi connectivity index (χ4v) is 2.64. The number of aryl methyl sites for hydroxylation is 2. The van der Waals surface area contributed by atoms with Crippen LogP contribution in [0.1, 0.15) is 42.3 Å². The summed E-state index contributed by atoms with van der Waals surface area (Å²) in [4.78, 5) is 25.1. The molecule has 0 atom stereocenters. The number of furan rings is 1. The lowest BCUT2D eigenvalue weighted by molar-refractivity contribution is 0.0949. The number of nitrogens with one attached hydrogen (secondary N) is 1. The normalized spacial score (nSPS) is 11.7. The molecule has 0 saturated carbocycles. The van der Waals surface area contributed by atoms with Crippen molar-refractivity contribution in [3.63, 3.8) is 0 Å². The number of fused-ring (bicyclic) bond motifs is 1. The van der Waals surface area contributed by atoms with Crippen LogP contribution in [0, 0.1) is 6.92 Å². The summed E-state index contributed by atoms with van der Waals surface area (Å²) in [6.07, 6.45) is 0.738. The summed E-state index contributed by atoms with van der Waals surface area (Å²) in [5.74, 6) is 0.866. The maximum atomic E-state index is 12.6. The van der Waals surface area contributed by atoms with Crippen LogP contribution in [0.2, 0.25) is 0 Å². The van der Waals surface area contributed by atoms with E-state index in [0.29, 0.717) is 28.8 Å². The Hall–Kier alpha value is -3.22. The molecule has 7 heteroatoms. The minimum Gasteiger partial charge on any atom is -0.460 e. The zero-order valence-corrected chi connectivity index (χ0v) is 14.9. The van der Waals surface area contributed by atoms with Crippen LogP contribution >= 0.6 is 0 Å². The van der Waals surface area contributed by atoms with Gasteiger partial charge in [0.2, 0.25) is 0 Å². The van der Waals surface area contributed by atoms with Gasteiger partial charge in [-0.15, -0.1) is 0 Å². The van der Waals surface area contributed by atoms with Crippen LogP contribution in [0.5, 0.6) is 0 Å². The molecule has 1 aromatic carbocycles.